The SMILES string of the molecule is CS(=O)(=O)c1nc2ccccc2n1Cc1cccc(C(F)(F)F)c1. The molecule has 0 saturated heterocycles. The average molecular weight is 354 g/mol. The van der Waals surface area contributed by atoms with Gasteiger partial charge in [-0.1, -0.05) is 24.3 Å². The predicted octanol–water partition coefficient (Wildman–Crippen LogP) is 3.51. The number of imidazole rings is 1. The molecule has 8 heteroatoms. The van der Waals surface area contributed by atoms with Crippen LogP contribution < -0.4 is 0 Å². The van der Waals surface area contributed by atoms with E-state index in [1.54, 1.807) is 24.3 Å². The van der Waals surface area contributed by atoms with Crippen molar-refractivity contribution in [2.75, 3.05) is 6.26 Å². The van der Waals surface area contributed by atoms with Crippen molar-refractivity contribution in [3.63, 3.8) is 0 Å². The van der Waals surface area contributed by atoms with E-state index in [0.29, 0.717) is 16.6 Å². The van der Waals surface area contributed by atoms with Crippen LogP contribution in [0.4, 0.5) is 13.2 Å². The lowest BCUT2D eigenvalue weighted by Crippen LogP contribution is -2.11. The lowest BCUT2D eigenvalue weighted by Gasteiger charge is -2.11. The monoisotopic (exact) mass is 354 g/mol. The van der Waals surface area contributed by atoms with Crippen LogP contribution in [-0.2, 0) is 22.6 Å². The first-order valence-electron chi connectivity index (χ1n) is 6.98. The molecular weight excluding hydrogens is 341 g/mol. The van der Waals surface area contributed by atoms with Crippen molar-refractivity contribution >= 4 is 20.9 Å². The molecule has 1 heterocycles. The molecule has 0 N–H and O–H groups in total. The third-order valence-corrected chi connectivity index (χ3v) is 4.52. The predicted molar refractivity (Wildman–Crippen MR) is 83.4 cm³/mol. The second-order valence-corrected chi connectivity index (χ2v) is 7.35. The number of nitrogens with zero attached hydrogens (tertiary/aromatic N) is 2. The number of alkyl halides is 3. The molecule has 0 saturated carbocycles. The lowest BCUT2D eigenvalue weighted by atomic mass is 10.1. The Hall–Kier alpha value is -2.35. The zero-order valence-electron chi connectivity index (χ0n) is 12.6. The van der Waals surface area contributed by atoms with Crippen molar-refractivity contribution in [3.8, 4) is 0 Å². The molecule has 0 aliphatic rings. The fourth-order valence-corrected chi connectivity index (χ4v) is 3.35. The summed E-state index contributed by atoms with van der Waals surface area (Å²) in [5, 5.41) is -0.166. The summed E-state index contributed by atoms with van der Waals surface area (Å²) in [7, 11) is -3.62. The number of para-hydroxylation sites is 2. The van der Waals surface area contributed by atoms with E-state index in [1.165, 1.54) is 16.7 Å². The maximum Gasteiger partial charge on any atom is 0.416 e. The van der Waals surface area contributed by atoms with Gasteiger partial charge in [-0.3, -0.25) is 0 Å². The van der Waals surface area contributed by atoms with Crippen LogP contribution in [-0.4, -0.2) is 24.2 Å². The van der Waals surface area contributed by atoms with E-state index in [4.69, 9.17) is 0 Å². The van der Waals surface area contributed by atoms with Gasteiger partial charge in [0.15, 0.2) is 0 Å². The van der Waals surface area contributed by atoms with Crippen LogP contribution in [0, 0.1) is 0 Å². The van der Waals surface area contributed by atoms with Crippen molar-refractivity contribution in [1.82, 2.24) is 9.55 Å². The van der Waals surface area contributed by atoms with Gasteiger partial charge in [0.2, 0.25) is 15.0 Å². The highest BCUT2D eigenvalue weighted by atomic mass is 32.2. The molecule has 2 aromatic carbocycles. The molecule has 0 bridgehead atoms. The van der Waals surface area contributed by atoms with Gasteiger partial charge in [0.1, 0.15) is 0 Å². The molecular formula is C16H13F3N2O2S. The third-order valence-electron chi connectivity index (χ3n) is 3.55. The molecule has 0 aliphatic heterocycles. The van der Waals surface area contributed by atoms with Gasteiger partial charge in [-0.2, -0.15) is 13.2 Å². The fourth-order valence-electron chi connectivity index (χ4n) is 2.52. The van der Waals surface area contributed by atoms with Gasteiger partial charge in [-0.15, -0.1) is 0 Å². The summed E-state index contributed by atoms with van der Waals surface area (Å²) in [5.74, 6) is 0. The quantitative estimate of drug-likeness (QED) is 0.723. The molecule has 0 fully saturated rings. The van der Waals surface area contributed by atoms with Crippen molar-refractivity contribution in [1.29, 1.82) is 0 Å². The summed E-state index contributed by atoms with van der Waals surface area (Å²) in [6.45, 7) is -0.0210. The minimum absolute atomic E-state index is 0.0210. The summed E-state index contributed by atoms with van der Waals surface area (Å²) in [5.41, 5.74) is 0.600. The number of halogens is 3. The van der Waals surface area contributed by atoms with Crippen molar-refractivity contribution in [2.45, 2.75) is 17.9 Å². The standard InChI is InChI=1S/C16H13F3N2O2S/c1-24(22,23)15-20-13-7-2-3-8-14(13)21(15)10-11-5-4-6-12(9-11)16(17,18)19/h2-9H,10H2,1H3. The van der Waals surface area contributed by atoms with Gasteiger partial charge in [0, 0.05) is 6.26 Å². The first kappa shape index (κ1) is 16.5. The normalized spacial score (nSPS) is 12.7. The zero-order chi connectivity index (χ0) is 17.5. The van der Waals surface area contributed by atoms with Crippen LogP contribution in [0.1, 0.15) is 11.1 Å². The van der Waals surface area contributed by atoms with Crippen LogP contribution in [0.3, 0.4) is 0 Å². The second kappa shape index (κ2) is 5.62. The van der Waals surface area contributed by atoms with Crippen LogP contribution in [0.25, 0.3) is 11.0 Å². The van der Waals surface area contributed by atoms with Crippen molar-refractivity contribution in [2.24, 2.45) is 0 Å². The van der Waals surface area contributed by atoms with Gasteiger partial charge in [0.25, 0.3) is 0 Å². The van der Waals surface area contributed by atoms with E-state index in [9.17, 15) is 21.6 Å². The Morgan fingerprint density at radius 3 is 2.46 bits per heavy atom. The molecule has 3 aromatic rings. The average Bonchev–Trinajstić information content (AvgIpc) is 2.86. The highest BCUT2D eigenvalue weighted by molar-refractivity contribution is 7.90. The Bertz CT molecular complexity index is 1010. The smallest absolute Gasteiger partial charge is 0.310 e. The topological polar surface area (TPSA) is 52.0 Å². The number of rotatable bonds is 3. The molecule has 0 amide bonds. The first-order chi connectivity index (χ1) is 11.2. The maximum atomic E-state index is 12.9. The third kappa shape index (κ3) is 3.14. The summed E-state index contributed by atoms with van der Waals surface area (Å²) >= 11 is 0. The highest BCUT2D eigenvalue weighted by Crippen LogP contribution is 2.30. The van der Waals surface area contributed by atoms with Crippen LogP contribution in [0.2, 0.25) is 0 Å². The minimum Gasteiger partial charge on any atom is -0.310 e. The van der Waals surface area contributed by atoms with E-state index in [2.05, 4.69) is 4.98 Å². The number of hydrogen-bond acceptors (Lipinski definition) is 3. The molecule has 0 atom stereocenters. The molecule has 4 nitrogen and oxygen atoms in total. The summed E-state index contributed by atoms with van der Waals surface area (Å²) in [4.78, 5) is 4.10. The van der Waals surface area contributed by atoms with E-state index in [0.717, 1.165) is 18.4 Å². The number of fused-ring (bicyclic) bond motifs is 1. The van der Waals surface area contributed by atoms with Crippen molar-refractivity contribution < 1.29 is 21.6 Å². The molecule has 0 aliphatic carbocycles. The summed E-state index contributed by atoms with van der Waals surface area (Å²) in [6, 6.07) is 11.6. The van der Waals surface area contributed by atoms with Gasteiger partial charge >= 0.3 is 6.18 Å². The molecule has 0 spiro atoms. The van der Waals surface area contributed by atoms with E-state index >= 15 is 0 Å². The van der Waals surface area contributed by atoms with Crippen LogP contribution >= 0.6 is 0 Å². The zero-order valence-corrected chi connectivity index (χ0v) is 13.4. The Morgan fingerprint density at radius 2 is 1.79 bits per heavy atom. The van der Waals surface area contributed by atoms with Gasteiger partial charge < -0.3 is 4.57 Å². The van der Waals surface area contributed by atoms with Crippen LogP contribution in [0.15, 0.2) is 53.7 Å². The van der Waals surface area contributed by atoms with Gasteiger partial charge in [0.05, 0.1) is 23.1 Å². The highest BCUT2D eigenvalue weighted by Gasteiger charge is 2.30. The Balaban J connectivity index is 2.14. The number of sulfone groups is 1. The van der Waals surface area contributed by atoms with E-state index < -0.39 is 21.6 Å². The van der Waals surface area contributed by atoms with Crippen LogP contribution in [0.5, 0.6) is 0 Å². The second-order valence-electron chi connectivity index (χ2n) is 5.44. The number of hydrogen-bond donors (Lipinski definition) is 0. The fraction of sp³-hybridized carbons (Fsp3) is 0.188. The Labute approximate surface area is 136 Å². The van der Waals surface area contributed by atoms with E-state index in [1.807, 2.05) is 0 Å². The summed E-state index contributed by atoms with van der Waals surface area (Å²) < 4.78 is 63.9. The molecule has 0 radical (unpaired) electrons. The minimum atomic E-state index is -4.45. The molecule has 3 rings (SSSR count). The van der Waals surface area contributed by atoms with Gasteiger partial charge in [-0.25, -0.2) is 13.4 Å². The number of aromatic nitrogens is 2. The molecule has 24 heavy (non-hydrogen) atoms. The molecule has 0 unspecified atom stereocenters. The van der Waals surface area contributed by atoms with Gasteiger partial charge in [-0.05, 0) is 29.8 Å². The lowest BCUT2D eigenvalue weighted by molar-refractivity contribution is -0.137. The van der Waals surface area contributed by atoms with E-state index in [-0.39, 0.29) is 11.7 Å². The van der Waals surface area contributed by atoms with Crippen molar-refractivity contribution in [3.05, 3.63) is 59.7 Å². The number of benzene rings is 2. The summed E-state index contributed by atoms with van der Waals surface area (Å²) in [6.07, 6.45) is -3.43. The first-order valence-corrected chi connectivity index (χ1v) is 8.87. The molecule has 1 aromatic heterocycles. The Kier molecular flexibility index (Phi) is 3.87. The Morgan fingerprint density at radius 1 is 1.08 bits per heavy atom. The largest absolute Gasteiger partial charge is 0.416 e. The maximum absolute atomic E-state index is 12.9. The molecule has 126 valence electrons.